The number of hydrogen-bond donors (Lipinski definition) is 2. The summed E-state index contributed by atoms with van der Waals surface area (Å²) < 4.78 is 1.99. The second kappa shape index (κ2) is 11.3. The molecule has 168 valence electrons. The number of rotatable bonds is 9. The van der Waals surface area contributed by atoms with Crippen LogP contribution >= 0.6 is 11.8 Å². The predicted octanol–water partition coefficient (Wildman–Crippen LogP) is 3.97. The Morgan fingerprint density at radius 2 is 1.84 bits per heavy atom. The lowest BCUT2D eigenvalue weighted by molar-refractivity contribution is -0.119. The Kier molecular flexibility index (Phi) is 8.51. The first-order valence-corrected chi connectivity index (χ1v) is 12.2. The average Bonchev–Trinajstić information content (AvgIpc) is 3.19. The van der Waals surface area contributed by atoms with E-state index in [0.717, 1.165) is 18.7 Å². The molecule has 3 rings (SSSR count). The van der Waals surface area contributed by atoms with E-state index in [4.69, 9.17) is 0 Å². The van der Waals surface area contributed by atoms with Crippen LogP contribution in [0.25, 0.3) is 0 Å². The van der Waals surface area contributed by atoms with Crippen LogP contribution < -0.4 is 10.6 Å². The molecular weight excluding hydrogens is 410 g/mol. The van der Waals surface area contributed by atoms with Crippen molar-refractivity contribution in [1.29, 1.82) is 0 Å². The van der Waals surface area contributed by atoms with Crippen LogP contribution in [0.15, 0.2) is 35.5 Å². The molecule has 1 heterocycles. The summed E-state index contributed by atoms with van der Waals surface area (Å²) in [7, 11) is 0. The Hall–Kier alpha value is -2.35. The molecule has 8 heteroatoms. The van der Waals surface area contributed by atoms with Crippen molar-refractivity contribution in [2.75, 3.05) is 5.75 Å². The van der Waals surface area contributed by atoms with Gasteiger partial charge < -0.3 is 15.2 Å². The van der Waals surface area contributed by atoms with E-state index in [1.807, 2.05) is 29.7 Å². The maximum Gasteiger partial charge on any atom is 0.251 e. The summed E-state index contributed by atoms with van der Waals surface area (Å²) in [5, 5.41) is 15.7. The lowest BCUT2D eigenvalue weighted by atomic mass is 9.95. The first kappa shape index (κ1) is 23.3. The predicted molar refractivity (Wildman–Crippen MR) is 123 cm³/mol. The van der Waals surface area contributed by atoms with Gasteiger partial charge in [0, 0.05) is 18.2 Å². The summed E-state index contributed by atoms with van der Waals surface area (Å²) in [6.45, 7) is 6.79. The highest BCUT2D eigenvalue weighted by atomic mass is 32.2. The van der Waals surface area contributed by atoms with Gasteiger partial charge in [0.2, 0.25) is 5.91 Å². The third kappa shape index (κ3) is 6.32. The molecule has 0 bridgehead atoms. The summed E-state index contributed by atoms with van der Waals surface area (Å²) in [4.78, 5) is 25.1. The van der Waals surface area contributed by atoms with Gasteiger partial charge in [0.15, 0.2) is 11.0 Å². The molecular formula is C23H33N5O2S. The van der Waals surface area contributed by atoms with Gasteiger partial charge in [0.1, 0.15) is 0 Å². The number of thioether (sulfide) groups is 1. The van der Waals surface area contributed by atoms with E-state index in [-0.39, 0.29) is 23.8 Å². The first-order valence-electron chi connectivity index (χ1n) is 11.2. The van der Waals surface area contributed by atoms with Gasteiger partial charge in [-0.25, -0.2) is 0 Å². The zero-order valence-electron chi connectivity index (χ0n) is 18.6. The Labute approximate surface area is 188 Å². The fourth-order valence-corrected chi connectivity index (χ4v) is 4.74. The number of nitrogens with one attached hydrogen (secondary N) is 2. The van der Waals surface area contributed by atoms with E-state index in [2.05, 4.69) is 34.7 Å². The number of carbonyl (C=O) groups excluding carboxylic acids is 2. The van der Waals surface area contributed by atoms with Crippen LogP contribution in [0.2, 0.25) is 0 Å². The monoisotopic (exact) mass is 443 g/mol. The highest BCUT2D eigenvalue weighted by Gasteiger charge is 2.26. The minimum Gasteiger partial charge on any atom is -0.353 e. The van der Waals surface area contributed by atoms with Crippen LogP contribution in [-0.2, 0) is 11.3 Å². The topological polar surface area (TPSA) is 88.9 Å². The number of benzene rings is 1. The van der Waals surface area contributed by atoms with Crippen LogP contribution in [0.4, 0.5) is 0 Å². The van der Waals surface area contributed by atoms with E-state index >= 15 is 0 Å². The Balaban J connectivity index is 1.66. The van der Waals surface area contributed by atoms with Crippen molar-refractivity contribution in [1.82, 2.24) is 25.4 Å². The van der Waals surface area contributed by atoms with E-state index in [1.54, 1.807) is 12.1 Å². The number of nitrogens with zero attached hydrogens (tertiary/aromatic N) is 3. The fourth-order valence-electron chi connectivity index (χ4n) is 3.92. The second-order valence-electron chi connectivity index (χ2n) is 8.34. The highest BCUT2D eigenvalue weighted by molar-refractivity contribution is 7.99. The molecule has 0 unspecified atom stereocenters. The molecule has 2 amide bonds. The quantitative estimate of drug-likeness (QED) is 0.573. The molecule has 7 nitrogen and oxygen atoms in total. The minimum absolute atomic E-state index is 0.0434. The van der Waals surface area contributed by atoms with Crippen molar-refractivity contribution in [3.8, 4) is 0 Å². The van der Waals surface area contributed by atoms with Gasteiger partial charge in [-0.05, 0) is 37.8 Å². The third-order valence-electron chi connectivity index (χ3n) is 5.63. The molecule has 1 saturated carbocycles. The van der Waals surface area contributed by atoms with Crippen molar-refractivity contribution < 1.29 is 9.59 Å². The zero-order chi connectivity index (χ0) is 22.2. The number of amides is 2. The van der Waals surface area contributed by atoms with E-state index < -0.39 is 0 Å². The highest BCUT2D eigenvalue weighted by Crippen LogP contribution is 2.26. The summed E-state index contributed by atoms with van der Waals surface area (Å²) in [6.07, 6.45) is 5.79. The zero-order valence-corrected chi connectivity index (χ0v) is 19.5. The van der Waals surface area contributed by atoms with Crippen LogP contribution in [0.3, 0.4) is 0 Å². The lowest BCUT2D eigenvalue weighted by Crippen LogP contribution is -2.37. The Bertz CT molecular complexity index is 862. The van der Waals surface area contributed by atoms with E-state index in [9.17, 15) is 9.59 Å². The molecule has 1 aromatic carbocycles. The van der Waals surface area contributed by atoms with E-state index in [0.29, 0.717) is 29.1 Å². The molecule has 1 aliphatic rings. The minimum atomic E-state index is -0.273. The van der Waals surface area contributed by atoms with Crippen molar-refractivity contribution in [3.63, 3.8) is 0 Å². The van der Waals surface area contributed by atoms with Crippen LogP contribution in [-0.4, -0.2) is 38.4 Å². The fraction of sp³-hybridized carbons (Fsp3) is 0.565. The molecule has 1 atom stereocenters. The lowest BCUT2D eigenvalue weighted by Gasteiger charge is -2.23. The van der Waals surface area contributed by atoms with Gasteiger partial charge in [-0.3, -0.25) is 9.59 Å². The maximum atomic E-state index is 12.7. The molecule has 0 spiro atoms. The smallest absolute Gasteiger partial charge is 0.251 e. The SMILES string of the molecule is CCn1c(SCC(=O)NC2CCCCC2)nnc1[C@H](NC(=O)c1ccccc1)C(C)C. The largest absolute Gasteiger partial charge is 0.353 e. The molecule has 1 aromatic heterocycles. The van der Waals surface area contributed by atoms with E-state index in [1.165, 1.54) is 31.0 Å². The Morgan fingerprint density at radius 1 is 1.13 bits per heavy atom. The maximum absolute atomic E-state index is 12.7. The Morgan fingerprint density at radius 3 is 2.48 bits per heavy atom. The van der Waals surface area contributed by atoms with Gasteiger partial charge in [0.25, 0.3) is 5.91 Å². The molecule has 2 N–H and O–H groups in total. The molecule has 0 aliphatic heterocycles. The number of carbonyl (C=O) groups is 2. The summed E-state index contributed by atoms with van der Waals surface area (Å²) in [5.41, 5.74) is 0.615. The van der Waals surface area contributed by atoms with Crippen molar-refractivity contribution >= 4 is 23.6 Å². The van der Waals surface area contributed by atoms with Crippen molar-refractivity contribution in [2.45, 2.75) is 76.7 Å². The van der Waals surface area contributed by atoms with Crippen LogP contribution in [0.5, 0.6) is 0 Å². The molecule has 0 radical (unpaired) electrons. The van der Waals surface area contributed by atoms with Gasteiger partial charge in [0.05, 0.1) is 11.8 Å². The summed E-state index contributed by atoms with van der Waals surface area (Å²) >= 11 is 1.40. The molecule has 2 aromatic rings. The third-order valence-corrected chi connectivity index (χ3v) is 6.60. The van der Waals surface area contributed by atoms with Crippen LogP contribution in [0, 0.1) is 5.92 Å². The number of hydrogen-bond acceptors (Lipinski definition) is 5. The average molecular weight is 444 g/mol. The molecule has 31 heavy (non-hydrogen) atoms. The first-order chi connectivity index (χ1) is 15.0. The number of aromatic nitrogens is 3. The molecule has 1 fully saturated rings. The molecule has 1 aliphatic carbocycles. The van der Waals surface area contributed by atoms with Gasteiger partial charge in [-0.2, -0.15) is 0 Å². The normalized spacial score (nSPS) is 15.6. The van der Waals surface area contributed by atoms with Crippen LogP contribution in [0.1, 0.15) is 75.1 Å². The van der Waals surface area contributed by atoms with Crippen molar-refractivity contribution in [3.05, 3.63) is 41.7 Å². The second-order valence-corrected chi connectivity index (χ2v) is 9.28. The summed E-state index contributed by atoms with van der Waals surface area (Å²) in [5.74, 6) is 1.08. The van der Waals surface area contributed by atoms with Gasteiger partial charge in [-0.1, -0.05) is 63.1 Å². The standard InChI is InChI=1S/C23H33N5O2S/c1-4-28-21(20(16(2)3)25-22(30)17-11-7-5-8-12-17)26-27-23(28)31-15-19(29)24-18-13-9-6-10-14-18/h5,7-8,11-12,16,18,20H,4,6,9-10,13-15H2,1-3H3,(H,24,29)(H,25,30)/t20-/m1/s1. The summed E-state index contributed by atoms with van der Waals surface area (Å²) in [6, 6.07) is 9.21. The molecule has 0 saturated heterocycles. The van der Waals surface area contributed by atoms with Crippen molar-refractivity contribution in [2.24, 2.45) is 5.92 Å². The van der Waals surface area contributed by atoms with Gasteiger partial charge >= 0.3 is 0 Å². The van der Waals surface area contributed by atoms with Gasteiger partial charge in [-0.15, -0.1) is 10.2 Å².